The summed E-state index contributed by atoms with van der Waals surface area (Å²) in [6.07, 6.45) is 1.73. The van der Waals surface area contributed by atoms with Gasteiger partial charge in [-0.05, 0) is 23.6 Å². The smallest absolute Gasteiger partial charge is 0.227 e. The van der Waals surface area contributed by atoms with Gasteiger partial charge >= 0.3 is 0 Å². The quantitative estimate of drug-likeness (QED) is 0.705. The summed E-state index contributed by atoms with van der Waals surface area (Å²) in [5, 5.41) is 7.26. The molecule has 1 amide bonds. The fourth-order valence-electron chi connectivity index (χ4n) is 2.41. The van der Waals surface area contributed by atoms with E-state index in [1.807, 2.05) is 36.4 Å². The third-order valence-electron chi connectivity index (χ3n) is 3.73. The van der Waals surface area contributed by atoms with Gasteiger partial charge in [0.25, 0.3) is 0 Å². The van der Waals surface area contributed by atoms with Gasteiger partial charge in [0.1, 0.15) is 0 Å². The lowest BCUT2D eigenvalue weighted by molar-refractivity contribution is -0.120. The first-order chi connectivity index (χ1) is 12.2. The highest BCUT2D eigenvalue weighted by Gasteiger charge is 2.10. The van der Waals surface area contributed by atoms with E-state index in [4.69, 9.17) is 16.1 Å². The second-order valence-corrected chi connectivity index (χ2v) is 6.04. The normalized spacial score (nSPS) is 10.6. The van der Waals surface area contributed by atoms with Crippen LogP contribution in [0.15, 0.2) is 59.1 Å². The van der Waals surface area contributed by atoms with Gasteiger partial charge in [-0.2, -0.15) is 4.98 Å². The monoisotopic (exact) mass is 355 g/mol. The molecule has 3 aromatic rings. The van der Waals surface area contributed by atoms with Crippen LogP contribution in [0.5, 0.6) is 0 Å². The summed E-state index contributed by atoms with van der Waals surface area (Å²) in [6.45, 7) is 0.234. The van der Waals surface area contributed by atoms with Crippen molar-refractivity contribution in [2.45, 2.75) is 25.8 Å². The first kappa shape index (κ1) is 17.2. The van der Waals surface area contributed by atoms with Crippen molar-refractivity contribution in [3.05, 3.63) is 82.5 Å². The van der Waals surface area contributed by atoms with Crippen molar-refractivity contribution in [2.24, 2.45) is 0 Å². The van der Waals surface area contributed by atoms with Crippen molar-refractivity contribution in [1.82, 2.24) is 15.5 Å². The number of hydrogen-bond donors (Lipinski definition) is 1. The van der Waals surface area contributed by atoms with Crippen LogP contribution < -0.4 is 5.32 Å². The number of nitrogens with zero attached hydrogens (tertiary/aromatic N) is 2. The summed E-state index contributed by atoms with van der Waals surface area (Å²) in [5.74, 6) is 0.901. The molecule has 0 bridgehead atoms. The fourth-order valence-corrected chi connectivity index (χ4v) is 2.62. The topological polar surface area (TPSA) is 68.0 Å². The Kier molecular flexibility index (Phi) is 5.80. The molecule has 0 saturated carbocycles. The van der Waals surface area contributed by atoms with Gasteiger partial charge in [-0.25, -0.2) is 0 Å². The fraction of sp³-hybridized carbons (Fsp3) is 0.211. The highest BCUT2D eigenvalue weighted by molar-refractivity contribution is 6.31. The molecule has 1 N–H and O–H groups in total. The largest absolute Gasteiger partial charge is 0.348 e. The molecule has 1 aromatic heterocycles. The summed E-state index contributed by atoms with van der Waals surface area (Å²) < 4.78 is 5.22. The van der Waals surface area contributed by atoms with Crippen LogP contribution in [-0.4, -0.2) is 16.0 Å². The minimum absolute atomic E-state index is 0.135. The van der Waals surface area contributed by atoms with Crippen LogP contribution >= 0.6 is 11.6 Å². The summed E-state index contributed by atoms with van der Waals surface area (Å²) in [7, 11) is 0. The third-order valence-corrected chi connectivity index (χ3v) is 4.10. The number of aromatic nitrogens is 2. The van der Waals surface area contributed by atoms with Crippen molar-refractivity contribution in [2.75, 3.05) is 0 Å². The molecule has 1 heterocycles. The van der Waals surface area contributed by atoms with Gasteiger partial charge in [0.05, 0.1) is 13.0 Å². The Balaban J connectivity index is 1.47. The Morgan fingerprint density at radius 2 is 1.80 bits per heavy atom. The SMILES string of the molecule is O=C(Cc1ccccc1Cl)NCc1noc(CCc2ccccc2)n1. The minimum Gasteiger partial charge on any atom is -0.348 e. The van der Waals surface area contributed by atoms with Crippen LogP contribution in [0.2, 0.25) is 5.02 Å². The second kappa shape index (κ2) is 8.44. The summed E-state index contributed by atoms with van der Waals surface area (Å²) >= 11 is 6.05. The maximum atomic E-state index is 12.0. The van der Waals surface area contributed by atoms with Crippen molar-refractivity contribution < 1.29 is 9.32 Å². The van der Waals surface area contributed by atoms with Crippen molar-refractivity contribution in [3.8, 4) is 0 Å². The third kappa shape index (κ3) is 5.16. The molecule has 0 radical (unpaired) electrons. The Morgan fingerprint density at radius 3 is 2.60 bits per heavy atom. The maximum absolute atomic E-state index is 12.0. The van der Waals surface area contributed by atoms with E-state index in [1.54, 1.807) is 6.07 Å². The molecule has 0 aliphatic rings. The van der Waals surface area contributed by atoms with E-state index in [0.717, 1.165) is 12.0 Å². The number of rotatable bonds is 7. The van der Waals surface area contributed by atoms with E-state index in [2.05, 4.69) is 27.6 Å². The number of hydrogen-bond acceptors (Lipinski definition) is 4. The highest BCUT2D eigenvalue weighted by Crippen LogP contribution is 2.15. The van der Waals surface area contributed by atoms with Gasteiger partial charge in [0.2, 0.25) is 11.8 Å². The Hall–Kier alpha value is -2.66. The van der Waals surface area contributed by atoms with E-state index >= 15 is 0 Å². The van der Waals surface area contributed by atoms with E-state index in [1.165, 1.54) is 5.56 Å². The van der Waals surface area contributed by atoms with Crippen LogP contribution in [0.3, 0.4) is 0 Å². The van der Waals surface area contributed by atoms with Crippen molar-refractivity contribution >= 4 is 17.5 Å². The number of carbonyl (C=O) groups excluding carboxylic acids is 1. The number of benzene rings is 2. The van der Waals surface area contributed by atoms with Crippen LogP contribution in [0, 0.1) is 0 Å². The van der Waals surface area contributed by atoms with E-state index < -0.39 is 0 Å². The predicted octanol–water partition coefficient (Wildman–Crippen LogP) is 3.37. The highest BCUT2D eigenvalue weighted by atomic mass is 35.5. The van der Waals surface area contributed by atoms with Crippen molar-refractivity contribution in [1.29, 1.82) is 0 Å². The van der Waals surface area contributed by atoms with Gasteiger partial charge in [-0.1, -0.05) is 65.3 Å². The van der Waals surface area contributed by atoms with E-state index in [9.17, 15) is 4.79 Å². The predicted molar refractivity (Wildman–Crippen MR) is 95.2 cm³/mol. The lowest BCUT2D eigenvalue weighted by atomic mass is 10.1. The molecule has 0 atom stereocenters. The maximum Gasteiger partial charge on any atom is 0.227 e. The molecule has 0 spiro atoms. The van der Waals surface area contributed by atoms with Crippen LogP contribution in [0.4, 0.5) is 0 Å². The zero-order valence-corrected chi connectivity index (χ0v) is 14.4. The van der Waals surface area contributed by atoms with Gasteiger partial charge < -0.3 is 9.84 Å². The number of nitrogens with one attached hydrogen (secondary N) is 1. The number of halogens is 1. The van der Waals surface area contributed by atoms with E-state index in [-0.39, 0.29) is 18.9 Å². The first-order valence-electron chi connectivity index (χ1n) is 8.06. The molecule has 5 nitrogen and oxygen atoms in total. The summed E-state index contributed by atoms with van der Waals surface area (Å²) in [6, 6.07) is 17.4. The average Bonchev–Trinajstić information content (AvgIpc) is 3.09. The number of aryl methyl sites for hydroxylation is 2. The lowest BCUT2D eigenvalue weighted by Crippen LogP contribution is -2.25. The molecule has 0 unspecified atom stereocenters. The summed E-state index contributed by atoms with van der Waals surface area (Å²) in [5.41, 5.74) is 2.01. The minimum atomic E-state index is -0.135. The number of amides is 1. The first-order valence-corrected chi connectivity index (χ1v) is 8.44. The van der Waals surface area contributed by atoms with Gasteiger partial charge in [-0.3, -0.25) is 4.79 Å². The molecule has 0 fully saturated rings. The molecule has 2 aromatic carbocycles. The van der Waals surface area contributed by atoms with Crippen LogP contribution in [0.1, 0.15) is 22.8 Å². The molecule has 0 aliphatic carbocycles. The van der Waals surface area contributed by atoms with Crippen LogP contribution in [0.25, 0.3) is 0 Å². The lowest BCUT2D eigenvalue weighted by Gasteiger charge is -2.04. The molecule has 3 rings (SSSR count). The van der Waals surface area contributed by atoms with Crippen LogP contribution in [-0.2, 0) is 30.6 Å². The second-order valence-electron chi connectivity index (χ2n) is 5.63. The number of carbonyl (C=O) groups is 1. The van der Waals surface area contributed by atoms with Gasteiger partial charge in [-0.15, -0.1) is 0 Å². The van der Waals surface area contributed by atoms with Gasteiger partial charge in [0, 0.05) is 11.4 Å². The van der Waals surface area contributed by atoms with Crippen molar-refractivity contribution in [3.63, 3.8) is 0 Å². The molecular formula is C19H18ClN3O2. The molecule has 0 saturated heterocycles. The van der Waals surface area contributed by atoms with E-state index in [0.29, 0.717) is 23.2 Å². The molecule has 6 heteroatoms. The molecule has 128 valence electrons. The van der Waals surface area contributed by atoms with Gasteiger partial charge in [0.15, 0.2) is 5.82 Å². The average molecular weight is 356 g/mol. The Morgan fingerprint density at radius 1 is 1.04 bits per heavy atom. The zero-order valence-electron chi connectivity index (χ0n) is 13.6. The Bertz CT molecular complexity index is 833. The molecular weight excluding hydrogens is 338 g/mol. The molecule has 25 heavy (non-hydrogen) atoms. The standard InChI is InChI=1S/C19H18ClN3O2/c20-16-9-5-4-8-15(16)12-18(24)21-13-17-22-19(25-23-17)11-10-14-6-2-1-3-7-14/h1-9H,10-13H2,(H,21,24). The Labute approximate surface area is 151 Å². The summed E-state index contributed by atoms with van der Waals surface area (Å²) in [4.78, 5) is 16.3. The zero-order chi connectivity index (χ0) is 17.5. The molecule has 0 aliphatic heterocycles.